The SMILES string of the molecule is CCONC(=O)[C@@H]1CCC2CN1C(=O)N2OS(=O)(=O)O. The lowest BCUT2D eigenvalue weighted by Crippen LogP contribution is -2.49. The van der Waals surface area contributed by atoms with E-state index in [0.29, 0.717) is 17.9 Å². The van der Waals surface area contributed by atoms with E-state index in [2.05, 4.69) is 9.76 Å². The van der Waals surface area contributed by atoms with E-state index in [9.17, 15) is 18.0 Å². The van der Waals surface area contributed by atoms with Crippen molar-refractivity contribution < 1.29 is 31.7 Å². The van der Waals surface area contributed by atoms with Crippen LogP contribution in [0.3, 0.4) is 0 Å². The average Bonchev–Trinajstić information content (AvgIpc) is 2.60. The normalized spacial score (nSPS) is 26.0. The molecule has 2 bridgehead atoms. The molecule has 0 aliphatic carbocycles. The summed E-state index contributed by atoms with van der Waals surface area (Å²) in [7, 11) is -4.78. The minimum atomic E-state index is -4.78. The van der Waals surface area contributed by atoms with Gasteiger partial charge < -0.3 is 4.90 Å². The molecule has 0 aromatic rings. The first-order valence-corrected chi connectivity index (χ1v) is 7.38. The van der Waals surface area contributed by atoms with E-state index in [1.165, 1.54) is 4.90 Å². The number of hydrogen-bond acceptors (Lipinski definition) is 6. The molecule has 2 rings (SSSR count). The number of carbonyl (C=O) groups is 2. The number of rotatable bonds is 5. The van der Waals surface area contributed by atoms with Gasteiger partial charge in [-0.05, 0) is 19.8 Å². The number of nitrogens with one attached hydrogen (secondary N) is 1. The third kappa shape index (κ3) is 3.00. The van der Waals surface area contributed by atoms with E-state index in [-0.39, 0.29) is 13.2 Å². The molecule has 0 aromatic heterocycles. The van der Waals surface area contributed by atoms with Crippen molar-refractivity contribution in [3.8, 4) is 0 Å². The number of hydrogen-bond donors (Lipinski definition) is 2. The highest BCUT2D eigenvalue weighted by atomic mass is 32.3. The number of carbonyl (C=O) groups excluding carboxylic acids is 2. The fourth-order valence-corrected chi connectivity index (χ4v) is 2.70. The lowest BCUT2D eigenvalue weighted by Gasteiger charge is -2.28. The second-order valence-electron chi connectivity index (χ2n) is 4.41. The molecule has 2 saturated heterocycles. The van der Waals surface area contributed by atoms with Crippen LogP contribution < -0.4 is 5.48 Å². The fraction of sp³-hybridized carbons (Fsp3) is 0.778. The van der Waals surface area contributed by atoms with Crippen molar-refractivity contribution in [2.75, 3.05) is 13.2 Å². The van der Waals surface area contributed by atoms with Crippen molar-refractivity contribution in [1.29, 1.82) is 0 Å². The Hall–Kier alpha value is -1.43. The Morgan fingerprint density at radius 1 is 1.50 bits per heavy atom. The molecule has 3 amide bonds. The van der Waals surface area contributed by atoms with Crippen molar-refractivity contribution >= 4 is 22.3 Å². The Bertz CT molecular complexity index is 508. The maximum Gasteiger partial charge on any atom is 0.418 e. The third-order valence-corrected chi connectivity index (χ3v) is 3.47. The largest absolute Gasteiger partial charge is 0.418 e. The van der Waals surface area contributed by atoms with E-state index in [1.807, 2.05) is 0 Å². The van der Waals surface area contributed by atoms with Crippen molar-refractivity contribution in [2.24, 2.45) is 0 Å². The van der Waals surface area contributed by atoms with Crippen LogP contribution >= 0.6 is 0 Å². The number of urea groups is 1. The second-order valence-corrected chi connectivity index (χ2v) is 5.41. The second kappa shape index (κ2) is 5.52. The summed E-state index contributed by atoms with van der Waals surface area (Å²) in [4.78, 5) is 29.8. The van der Waals surface area contributed by atoms with Gasteiger partial charge in [-0.1, -0.05) is 0 Å². The summed E-state index contributed by atoms with van der Waals surface area (Å²) < 4.78 is 34.3. The van der Waals surface area contributed by atoms with Crippen LogP contribution in [0.1, 0.15) is 19.8 Å². The minimum Gasteiger partial charge on any atom is -0.309 e. The minimum absolute atomic E-state index is 0.151. The molecule has 2 N–H and O–H groups in total. The molecule has 10 nitrogen and oxygen atoms in total. The number of fused-ring (bicyclic) bond motifs is 2. The predicted octanol–water partition coefficient (Wildman–Crippen LogP) is -0.943. The first kappa shape index (κ1) is 15.0. The number of hydroxylamine groups is 3. The number of amides is 3. The molecule has 2 aliphatic heterocycles. The molecule has 20 heavy (non-hydrogen) atoms. The van der Waals surface area contributed by atoms with Gasteiger partial charge in [0.15, 0.2) is 0 Å². The quantitative estimate of drug-likeness (QED) is 0.495. The van der Waals surface area contributed by atoms with Gasteiger partial charge in [0.1, 0.15) is 6.04 Å². The maximum absolute atomic E-state index is 12.0. The highest BCUT2D eigenvalue weighted by Gasteiger charge is 2.49. The number of piperidine rings is 1. The fourth-order valence-electron chi connectivity index (χ4n) is 2.32. The molecular formula is C9H15N3O7S. The third-order valence-electron chi connectivity index (χ3n) is 3.12. The summed E-state index contributed by atoms with van der Waals surface area (Å²) in [5, 5.41) is 0.587. The standard InChI is InChI=1S/C9H15N3O7S/c1-2-18-10-8(13)7-4-3-6-5-11(7)9(14)12(6)19-20(15,16)17/h6-7H,2-5H2,1H3,(H,10,13)(H,15,16,17)/t6?,7-/m0/s1. The molecule has 1 unspecified atom stereocenters. The summed E-state index contributed by atoms with van der Waals surface area (Å²) in [6, 6.07) is -2.04. The summed E-state index contributed by atoms with van der Waals surface area (Å²) >= 11 is 0. The van der Waals surface area contributed by atoms with Crippen molar-refractivity contribution in [2.45, 2.75) is 31.8 Å². The predicted molar refractivity (Wildman–Crippen MR) is 63.2 cm³/mol. The van der Waals surface area contributed by atoms with Gasteiger partial charge in [0.25, 0.3) is 5.91 Å². The Morgan fingerprint density at radius 2 is 2.20 bits per heavy atom. The van der Waals surface area contributed by atoms with Crippen LogP contribution in [0.5, 0.6) is 0 Å². The topological polar surface area (TPSA) is 125 Å². The lowest BCUT2D eigenvalue weighted by molar-refractivity contribution is -0.138. The van der Waals surface area contributed by atoms with Crippen LogP contribution in [0.2, 0.25) is 0 Å². The van der Waals surface area contributed by atoms with E-state index in [1.54, 1.807) is 6.92 Å². The van der Waals surface area contributed by atoms with Gasteiger partial charge in [-0.3, -0.25) is 14.2 Å². The Morgan fingerprint density at radius 3 is 2.80 bits per heavy atom. The first-order chi connectivity index (χ1) is 9.33. The monoisotopic (exact) mass is 309 g/mol. The van der Waals surface area contributed by atoms with Gasteiger partial charge in [0.2, 0.25) is 0 Å². The van der Waals surface area contributed by atoms with Gasteiger partial charge in [0.05, 0.1) is 12.6 Å². The van der Waals surface area contributed by atoms with Crippen molar-refractivity contribution in [1.82, 2.24) is 15.4 Å². The van der Waals surface area contributed by atoms with Crippen LogP contribution in [-0.2, 0) is 24.3 Å². The van der Waals surface area contributed by atoms with Crippen LogP contribution in [0.4, 0.5) is 4.79 Å². The van der Waals surface area contributed by atoms with Gasteiger partial charge in [-0.15, -0.1) is 4.28 Å². The molecule has 2 heterocycles. The van der Waals surface area contributed by atoms with Crippen molar-refractivity contribution in [3.63, 3.8) is 0 Å². The molecule has 2 fully saturated rings. The zero-order valence-corrected chi connectivity index (χ0v) is 11.5. The lowest BCUT2D eigenvalue weighted by atomic mass is 10.0. The Labute approximate surface area is 115 Å². The van der Waals surface area contributed by atoms with Crippen LogP contribution in [-0.4, -0.2) is 60.1 Å². The molecule has 0 aromatic carbocycles. The van der Waals surface area contributed by atoms with Crippen LogP contribution in [0.25, 0.3) is 0 Å². The molecule has 11 heteroatoms. The van der Waals surface area contributed by atoms with Gasteiger partial charge in [-0.25, -0.2) is 10.3 Å². The zero-order chi connectivity index (χ0) is 14.9. The summed E-state index contributed by atoms with van der Waals surface area (Å²) in [6.45, 7) is 2.13. The molecule has 0 radical (unpaired) electrons. The van der Waals surface area contributed by atoms with E-state index < -0.39 is 34.4 Å². The Kier molecular flexibility index (Phi) is 4.13. The Balaban J connectivity index is 2.07. The highest BCUT2D eigenvalue weighted by molar-refractivity contribution is 7.80. The van der Waals surface area contributed by atoms with Gasteiger partial charge in [0, 0.05) is 6.54 Å². The molecule has 2 atom stereocenters. The smallest absolute Gasteiger partial charge is 0.309 e. The van der Waals surface area contributed by atoms with E-state index in [4.69, 9.17) is 9.39 Å². The maximum atomic E-state index is 12.0. The summed E-state index contributed by atoms with van der Waals surface area (Å²) in [6.07, 6.45) is 0.725. The summed E-state index contributed by atoms with van der Waals surface area (Å²) in [5.41, 5.74) is 2.21. The van der Waals surface area contributed by atoms with E-state index in [0.717, 1.165) is 0 Å². The molecule has 0 spiro atoms. The average molecular weight is 309 g/mol. The number of nitrogens with zero attached hydrogens (tertiary/aromatic N) is 2. The van der Waals surface area contributed by atoms with Crippen LogP contribution in [0.15, 0.2) is 0 Å². The van der Waals surface area contributed by atoms with Gasteiger partial charge >= 0.3 is 16.4 Å². The summed E-state index contributed by atoms with van der Waals surface area (Å²) in [5.74, 6) is -0.479. The molecule has 2 aliphatic rings. The molecular weight excluding hydrogens is 294 g/mol. The first-order valence-electron chi connectivity index (χ1n) is 6.02. The van der Waals surface area contributed by atoms with E-state index >= 15 is 0 Å². The van der Waals surface area contributed by atoms with Crippen LogP contribution in [0, 0.1) is 0 Å². The van der Waals surface area contributed by atoms with Crippen molar-refractivity contribution in [3.05, 3.63) is 0 Å². The molecule has 114 valence electrons. The van der Waals surface area contributed by atoms with Gasteiger partial charge in [-0.2, -0.15) is 13.5 Å². The molecule has 0 saturated carbocycles. The zero-order valence-electron chi connectivity index (χ0n) is 10.7. The highest BCUT2D eigenvalue weighted by Crippen LogP contribution is 2.30.